The van der Waals surface area contributed by atoms with E-state index in [9.17, 15) is 18.0 Å². The Balaban J connectivity index is 1.71. The Morgan fingerprint density at radius 1 is 1.48 bits per heavy atom. The van der Waals surface area contributed by atoms with Crippen LogP contribution in [0.2, 0.25) is 0 Å². The number of amides is 2. The van der Waals surface area contributed by atoms with Gasteiger partial charge >= 0.3 is 0 Å². The molecule has 7 nitrogen and oxygen atoms in total. The summed E-state index contributed by atoms with van der Waals surface area (Å²) in [7, 11) is -3.52. The third-order valence-electron chi connectivity index (χ3n) is 3.03. The highest BCUT2D eigenvalue weighted by Crippen LogP contribution is 2.14. The first-order valence-electron chi connectivity index (χ1n) is 6.56. The van der Waals surface area contributed by atoms with E-state index < -0.39 is 10.0 Å². The van der Waals surface area contributed by atoms with Crippen molar-refractivity contribution in [2.24, 2.45) is 0 Å². The third kappa shape index (κ3) is 4.80. The molecular weight excluding hydrogens is 314 g/mol. The van der Waals surface area contributed by atoms with Crippen molar-refractivity contribution in [1.82, 2.24) is 15.4 Å². The van der Waals surface area contributed by atoms with Gasteiger partial charge in [0, 0.05) is 32.0 Å². The first-order valence-corrected chi connectivity index (χ1v) is 8.93. The van der Waals surface area contributed by atoms with Crippen LogP contribution in [0.4, 0.5) is 0 Å². The van der Waals surface area contributed by atoms with Crippen molar-refractivity contribution in [2.45, 2.75) is 29.5 Å². The van der Waals surface area contributed by atoms with Gasteiger partial charge in [-0.2, -0.15) is 0 Å². The minimum Gasteiger partial charge on any atom is -0.354 e. The summed E-state index contributed by atoms with van der Waals surface area (Å²) >= 11 is 1.13. The Bertz CT molecular complexity index is 588. The minimum atomic E-state index is -3.52. The van der Waals surface area contributed by atoms with Gasteiger partial charge in [0.05, 0.1) is 0 Å². The third-order valence-corrected chi connectivity index (χ3v) is 5.89. The van der Waals surface area contributed by atoms with E-state index in [1.54, 1.807) is 11.4 Å². The molecule has 1 aliphatic heterocycles. The number of thiophene rings is 1. The highest BCUT2D eigenvalue weighted by atomic mass is 32.2. The summed E-state index contributed by atoms with van der Waals surface area (Å²) in [6.45, 7) is 0.469. The molecule has 1 aliphatic rings. The van der Waals surface area contributed by atoms with Crippen molar-refractivity contribution in [3.63, 3.8) is 0 Å². The number of rotatable bonds is 6. The number of carbonyl (C=O) groups is 2. The van der Waals surface area contributed by atoms with Crippen LogP contribution in [0.5, 0.6) is 0 Å². The van der Waals surface area contributed by atoms with Gasteiger partial charge in [-0.05, 0) is 17.9 Å². The highest BCUT2D eigenvalue weighted by molar-refractivity contribution is 7.91. The molecule has 1 unspecified atom stereocenters. The fraction of sp³-hybridized carbons (Fsp3) is 0.500. The molecule has 21 heavy (non-hydrogen) atoms. The molecule has 2 amide bonds. The Labute approximate surface area is 127 Å². The van der Waals surface area contributed by atoms with Crippen LogP contribution >= 0.6 is 11.3 Å². The molecule has 0 bridgehead atoms. The molecule has 2 rings (SSSR count). The molecule has 0 spiro atoms. The first-order chi connectivity index (χ1) is 9.97. The molecule has 3 N–H and O–H groups in total. The van der Waals surface area contributed by atoms with Gasteiger partial charge in [-0.25, -0.2) is 13.1 Å². The number of piperidine rings is 1. The van der Waals surface area contributed by atoms with Gasteiger partial charge in [-0.1, -0.05) is 6.07 Å². The fourth-order valence-corrected chi connectivity index (χ4v) is 4.01. The summed E-state index contributed by atoms with van der Waals surface area (Å²) < 4.78 is 26.3. The van der Waals surface area contributed by atoms with Crippen molar-refractivity contribution >= 4 is 33.2 Å². The molecule has 1 saturated heterocycles. The van der Waals surface area contributed by atoms with E-state index in [0.717, 1.165) is 11.3 Å². The lowest BCUT2D eigenvalue weighted by Gasteiger charge is -2.23. The highest BCUT2D eigenvalue weighted by Gasteiger charge is 2.20. The van der Waals surface area contributed by atoms with E-state index in [2.05, 4.69) is 15.4 Å². The fourth-order valence-electron chi connectivity index (χ4n) is 1.94. The molecule has 0 radical (unpaired) electrons. The molecule has 116 valence electrons. The van der Waals surface area contributed by atoms with Crippen molar-refractivity contribution in [1.29, 1.82) is 0 Å². The Morgan fingerprint density at radius 2 is 2.29 bits per heavy atom. The maximum absolute atomic E-state index is 11.8. The van der Waals surface area contributed by atoms with E-state index in [-0.39, 0.29) is 35.0 Å². The predicted octanol–water partition coefficient (Wildman–Crippen LogP) is -0.189. The van der Waals surface area contributed by atoms with Crippen LogP contribution < -0.4 is 15.4 Å². The van der Waals surface area contributed by atoms with E-state index in [4.69, 9.17) is 0 Å². The lowest BCUT2D eigenvalue weighted by atomic mass is 10.1. The Morgan fingerprint density at radius 3 is 2.90 bits per heavy atom. The summed E-state index contributed by atoms with van der Waals surface area (Å²) in [5.41, 5.74) is 0. The zero-order valence-electron chi connectivity index (χ0n) is 11.3. The van der Waals surface area contributed by atoms with Crippen molar-refractivity contribution < 1.29 is 18.0 Å². The van der Waals surface area contributed by atoms with Gasteiger partial charge < -0.3 is 10.6 Å². The van der Waals surface area contributed by atoms with Crippen LogP contribution in [-0.2, 0) is 19.6 Å². The molecule has 1 aromatic heterocycles. The molecule has 1 fully saturated rings. The maximum Gasteiger partial charge on any atom is 0.250 e. The second kappa shape index (κ2) is 7.01. The maximum atomic E-state index is 11.8. The second-order valence-electron chi connectivity index (χ2n) is 4.69. The number of nitrogens with one attached hydrogen (secondary N) is 3. The Hall–Kier alpha value is -1.45. The van der Waals surface area contributed by atoms with Crippen LogP contribution in [0.25, 0.3) is 0 Å². The summed E-state index contributed by atoms with van der Waals surface area (Å²) in [5, 5.41) is 7.13. The van der Waals surface area contributed by atoms with Gasteiger partial charge in [-0.15, -0.1) is 11.3 Å². The molecular formula is C12H17N3O4S2. The molecule has 0 aromatic carbocycles. The van der Waals surface area contributed by atoms with Crippen LogP contribution in [-0.4, -0.2) is 39.4 Å². The van der Waals surface area contributed by atoms with E-state index in [0.29, 0.717) is 19.4 Å². The summed E-state index contributed by atoms with van der Waals surface area (Å²) in [5.74, 6) is -0.241. The Kier molecular flexibility index (Phi) is 5.32. The van der Waals surface area contributed by atoms with Crippen LogP contribution in [0.15, 0.2) is 21.7 Å². The smallest absolute Gasteiger partial charge is 0.250 e. The summed E-state index contributed by atoms with van der Waals surface area (Å²) in [6.07, 6.45) is 1.07. The summed E-state index contributed by atoms with van der Waals surface area (Å²) in [4.78, 5) is 22.7. The average molecular weight is 331 g/mol. The van der Waals surface area contributed by atoms with Gasteiger partial charge in [0.15, 0.2) is 0 Å². The van der Waals surface area contributed by atoms with Gasteiger partial charge in [-0.3, -0.25) is 9.59 Å². The van der Waals surface area contributed by atoms with E-state index in [1.807, 2.05) is 0 Å². The monoisotopic (exact) mass is 331 g/mol. The number of hydrogen-bond acceptors (Lipinski definition) is 5. The van der Waals surface area contributed by atoms with Gasteiger partial charge in [0.25, 0.3) is 0 Å². The topological polar surface area (TPSA) is 104 Å². The van der Waals surface area contributed by atoms with Crippen molar-refractivity contribution in [3.05, 3.63) is 17.5 Å². The average Bonchev–Trinajstić information content (AvgIpc) is 2.96. The van der Waals surface area contributed by atoms with Crippen LogP contribution in [0, 0.1) is 0 Å². The summed E-state index contributed by atoms with van der Waals surface area (Å²) in [6, 6.07) is 3.09. The van der Waals surface area contributed by atoms with Crippen molar-refractivity contribution in [2.75, 3.05) is 13.1 Å². The zero-order chi connectivity index (χ0) is 15.3. The molecule has 9 heteroatoms. The lowest BCUT2D eigenvalue weighted by molar-refractivity contribution is -0.125. The number of carbonyl (C=O) groups excluding carboxylic acids is 2. The standard InChI is InChI=1S/C12H17N3O4S2/c16-10-4-3-9(8-13-10)15-11(17)5-6-14-21(18,19)12-2-1-7-20-12/h1-2,7,9,14H,3-6,8H2,(H,13,16)(H,15,17). The number of hydrogen-bond donors (Lipinski definition) is 3. The van der Waals surface area contributed by atoms with Gasteiger partial charge in [0.2, 0.25) is 21.8 Å². The minimum absolute atomic E-state index is 0.00999. The molecule has 1 atom stereocenters. The SMILES string of the molecule is O=C1CCC(NC(=O)CCNS(=O)(=O)c2cccs2)CN1. The predicted molar refractivity (Wildman–Crippen MR) is 78.3 cm³/mol. The van der Waals surface area contributed by atoms with Gasteiger partial charge in [0.1, 0.15) is 4.21 Å². The van der Waals surface area contributed by atoms with Crippen LogP contribution in [0.1, 0.15) is 19.3 Å². The first kappa shape index (κ1) is 15.9. The van der Waals surface area contributed by atoms with E-state index in [1.165, 1.54) is 6.07 Å². The molecule has 0 aliphatic carbocycles. The second-order valence-corrected chi connectivity index (χ2v) is 7.63. The lowest BCUT2D eigenvalue weighted by Crippen LogP contribution is -2.48. The van der Waals surface area contributed by atoms with Crippen LogP contribution in [0.3, 0.4) is 0 Å². The zero-order valence-corrected chi connectivity index (χ0v) is 12.9. The molecule has 0 saturated carbocycles. The van der Waals surface area contributed by atoms with E-state index >= 15 is 0 Å². The number of sulfonamides is 1. The largest absolute Gasteiger partial charge is 0.354 e. The quantitative estimate of drug-likeness (QED) is 0.672. The van der Waals surface area contributed by atoms with Crippen molar-refractivity contribution in [3.8, 4) is 0 Å². The molecule has 1 aromatic rings. The molecule has 2 heterocycles. The normalized spacial score (nSPS) is 19.0.